The van der Waals surface area contributed by atoms with Crippen molar-refractivity contribution in [1.29, 1.82) is 0 Å². The molecule has 0 fully saturated rings. The predicted octanol–water partition coefficient (Wildman–Crippen LogP) is 4.04. The van der Waals surface area contributed by atoms with Gasteiger partial charge in [0.05, 0.1) is 26.3 Å². The van der Waals surface area contributed by atoms with Gasteiger partial charge in [-0.1, -0.05) is 25.1 Å². The second-order valence-electron chi connectivity index (χ2n) is 7.68. The summed E-state index contributed by atoms with van der Waals surface area (Å²) in [5.74, 6) is 1.11. The molecule has 0 bridgehead atoms. The molecule has 1 aliphatic rings. The number of nitrogens with one attached hydrogen (secondary N) is 2. The summed E-state index contributed by atoms with van der Waals surface area (Å²) in [5, 5.41) is 5.93. The van der Waals surface area contributed by atoms with E-state index in [1.165, 1.54) is 6.07 Å². The number of hydrogen-bond donors (Lipinski definition) is 2. The highest BCUT2D eigenvalue weighted by Crippen LogP contribution is 2.40. The highest BCUT2D eigenvalue weighted by molar-refractivity contribution is 5.74. The number of benzene rings is 2. The van der Waals surface area contributed by atoms with E-state index in [4.69, 9.17) is 9.47 Å². The van der Waals surface area contributed by atoms with Gasteiger partial charge in [0, 0.05) is 25.2 Å². The molecular weight excluding hydrogens is 397 g/mol. The fourth-order valence-corrected chi connectivity index (χ4v) is 4.31. The van der Waals surface area contributed by atoms with Crippen LogP contribution in [0.1, 0.15) is 43.0 Å². The minimum Gasteiger partial charge on any atom is -0.493 e. The van der Waals surface area contributed by atoms with Gasteiger partial charge >= 0.3 is 6.03 Å². The lowest BCUT2D eigenvalue weighted by atomic mass is 9.86. The smallest absolute Gasteiger partial charge is 0.315 e. The Morgan fingerprint density at radius 3 is 2.55 bits per heavy atom. The van der Waals surface area contributed by atoms with Crippen LogP contribution in [0, 0.1) is 5.82 Å². The zero-order valence-corrected chi connectivity index (χ0v) is 18.7. The summed E-state index contributed by atoms with van der Waals surface area (Å²) in [6, 6.07) is 10.4. The Balaban J connectivity index is 2.03. The number of hydrogen-bond acceptors (Lipinski definition) is 4. The fraction of sp³-hybridized carbons (Fsp3) is 0.458. The molecule has 0 spiro atoms. The van der Waals surface area contributed by atoms with Gasteiger partial charge < -0.3 is 20.1 Å². The first-order chi connectivity index (χ1) is 15.0. The number of rotatable bonds is 8. The Bertz CT molecular complexity index is 906. The van der Waals surface area contributed by atoms with Gasteiger partial charge in [-0.15, -0.1) is 0 Å². The Kier molecular flexibility index (Phi) is 7.74. The quantitative estimate of drug-likeness (QED) is 0.665. The number of fused-ring (bicyclic) bond motifs is 1. The normalized spacial score (nSPS) is 16.9. The van der Waals surface area contributed by atoms with Gasteiger partial charge in [0.25, 0.3) is 0 Å². The summed E-state index contributed by atoms with van der Waals surface area (Å²) >= 11 is 0. The van der Waals surface area contributed by atoms with E-state index in [0.29, 0.717) is 30.2 Å². The van der Waals surface area contributed by atoms with E-state index in [0.717, 1.165) is 30.5 Å². The summed E-state index contributed by atoms with van der Waals surface area (Å²) in [7, 11) is 3.24. The molecule has 0 aromatic heterocycles. The Morgan fingerprint density at radius 1 is 1.19 bits per heavy atom. The van der Waals surface area contributed by atoms with Crippen LogP contribution in [0.15, 0.2) is 36.4 Å². The summed E-state index contributed by atoms with van der Waals surface area (Å²) in [6.45, 7) is 5.69. The van der Waals surface area contributed by atoms with Crippen LogP contribution in [-0.4, -0.2) is 44.3 Å². The maximum absolute atomic E-state index is 14.4. The largest absolute Gasteiger partial charge is 0.493 e. The first kappa shape index (κ1) is 22.9. The predicted molar refractivity (Wildman–Crippen MR) is 119 cm³/mol. The second kappa shape index (κ2) is 10.5. The monoisotopic (exact) mass is 429 g/mol. The minimum absolute atomic E-state index is 0.129. The molecule has 2 aromatic carbocycles. The molecule has 0 unspecified atom stereocenters. The molecule has 2 amide bonds. The number of amides is 2. The summed E-state index contributed by atoms with van der Waals surface area (Å²) in [4.78, 5) is 14.6. The van der Waals surface area contributed by atoms with E-state index in [1.54, 1.807) is 20.3 Å². The van der Waals surface area contributed by atoms with E-state index in [1.807, 2.05) is 38.1 Å². The van der Waals surface area contributed by atoms with E-state index in [9.17, 15) is 9.18 Å². The molecule has 2 aromatic rings. The SMILES string of the molecule is CCNC(=O)N[C@@H](CC)[C@H]1c2cc(OC)c(OC)cc2CCN1Cc1ccccc1F. The molecule has 0 aliphatic carbocycles. The Labute approximate surface area is 183 Å². The molecule has 6 nitrogen and oxygen atoms in total. The molecule has 1 heterocycles. The van der Waals surface area contributed by atoms with Gasteiger partial charge in [-0.25, -0.2) is 9.18 Å². The lowest BCUT2D eigenvalue weighted by Gasteiger charge is -2.42. The van der Waals surface area contributed by atoms with Crippen LogP contribution in [0.5, 0.6) is 11.5 Å². The highest BCUT2D eigenvalue weighted by Gasteiger charge is 2.35. The van der Waals surface area contributed by atoms with Gasteiger partial charge in [0.15, 0.2) is 11.5 Å². The summed E-state index contributed by atoms with van der Waals surface area (Å²) in [6.07, 6.45) is 1.53. The van der Waals surface area contributed by atoms with E-state index in [-0.39, 0.29) is 23.9 Å². The van der Waals surface area contributed by atoms with Gasteiger partial charge in [0.2, 0.25) is 0 Å². The molecule has 0 saturated carbocycles. The maximum Gasteiger partial charge on any atom is 0.315 e. The van der Waals surface area contributed by atoms with Crippen molar-refractivity contribution >= 4 is 6.03 Å². The summed E-state index contributed by atoms with van der Waals surface area (Å²) in [5.41, 5.74) is 2.87. The van der Waals surface area contributed by atoms with Crippen molar-refractivity contribution in [3.05, 3.63) is 58.9 Å². The van der Waals surface area contributed by atoms with Crippen molar-refractivity contribution < 1.29 is 18.7 Å². The van der Waals surface area contributed by atoms with Gasteiger partial charge in [-0.3, -0.25) is 4.90 Å². The van der Waals surface area contributed by atoms with Crippen LogP contribution < -0.4 is 20.1 Å². The van der Waals surface area contributed by atoms with Crippen molar-refractivity contribution in [2.75, 3.05) is 27.3 Å². The van der Waals surface area contributed by atoms with Crippen molar-refractivity contribution in [2.45, 2.75) is 45.3 Å². The molecular formula is C24H32FN3O3. The molecule has 2 N–H and O–H groups in total. The van der Waals surface area contributed by atoms with Crippen LogP contribution >= 0.6 is 0 Å². The molecule has 7 heteroatoms. The number of halogens is 1. The lowest BCUT2D eigenvalue weighted by molar-refractivity contribution is 0.134. The highest BCUT2D eigenvalue weighted by atomic mass is 19.1. The van der Waals surface area contributed by atoms with E-state index >= 15 is 0 Å². The van der Waals surface area contributed by atoms with Crippen molar-refractivity contribution in [3.8, 4) is 11.5 Å². The number of methoxy groups -OCH3 is 2. The average Bonchev–Trinajstić information content (AvgIpc) is 2.78. The van der Waals surface area contributed by atoms with Gasteiger partial charge in [-0.05, 0) is 49.1 Å². The van der Waals surface area contributed by atoms with Crippen LogP contribution in [0.25, 0.3) is 0 Å². The van der Waals surface area contributed by atoms with Crippen LogP contribution in [0.3, 0.4) is 0 Å². The standard InChI is InChI=1S/C24H32FN3O3/c1-5-20(27-24(29)26-6-2)23-18-14-22(31-4)21(30-3)13-16(18)11-12-28(23)15-17-9-7-8-10-19(17)25/h7-10,13-14,20,23H,5-6,11-12,15H2,1-4H3,(H2,26,27,29)/t20-,23+/m0/s1. The third-order valence-electron chi connectivity index (χ3n) is 5.83. The lowest BCUT2D eigenvalue weighted by Crippen LogP contribution is -2.51. The zero-order valence-electron chi connectivity index (χ0n) is 18.7. The molecule has 0 saturated heterocycles. The number of urea groups is 1. The maximum atomic E-state index is 14.4. The van der Waals surface area contributed by atoms with Crippen LogP contribution in [0.4, 0.5) is 9.18 Å². The fourth-order valence-electron chi connectivity index (χ4n) is 4.31. The number of carbonyl (C=O) groups excluding carboxylic acids is 1. The minimum atomic E-state index is -0.218. The molecule has 0 radical (unpaired) electrons. The van der Waals surface area contributed by atoms with Crippen molar-refractivity contribution in [3.63, 3.8) is 0 Å². The number of ether oxygens (including phenoxy) is 2. The third kappa shape index (κ3) is 5.10. The second-order valence-corrected chi connectivity index (χ2v) is 7.68. The summed E-state index contributed by atoms with van der Waals surface area (Å²) < 4.78 is 25.5. The topological polar surface area (TPSA) is 62.8 Å². The van der Waals surface area contributed by atoms with Crippen LogP contribution in [-0.2, 0) is 13.0 Å². The first-order valence-corrected chi connectivity index (χ1v) is 10.8. The third-order valence-corrected chi connectivity index (χ3v) is 5.83. The van der Waals surface area contributed by atoms with E-state index in [2.05, 4.69) is 15.5 Å². The molecule has 31 heavy (non-hydrogen) atoms. The molecule has 168 valence electrons. The van der Waals surface area contributed by atoms with Gasteiger partial charge in [-0.2, -0.15) is 0 Å². The van der Waals surface area contributed by atoms with Gasteiger partial charge in [0.1, 0.15) is 5.82 Å². The zero-order chi connectivity index (χ0) is 22.4. The number of carbonyl (C=O) groups is 1. The first-order valence-electron chi connectivity index (χ1n) is 10.8. The van der Waals surface area contributed by atoms with E-state index < -0.39 is 0 Å². The van der Waals surface area contributed by atoms with Crippen molar-refractivity contribution in [2.24, 2.45) is 0 Å². The van der Waals surface area contributed by atoms with Crippen LogP contribution in [0.2, 0.25) is 0 Å². The molecule has 1 aliphatic heterocycles. The average molecular weight is 430 g/mol. The van der Waals surface area contributed by atoms with Crippen molar-refractivity contribution in [1.82, 2.24) is 15.5 Å². The Hall–Kier alpha value is -2.80. The molecule has 2 atom stereocenters. The molecule has 3 rings (SSSR count). The number of nitrogens with zero attached hydrogens (tertiary/aromatic N) is 1. The Morgan fingerprint density at radius 2 is 1.90 bits per heavy atom.